The largest absolute Gasteiger partial charge is 0.349 e. The van der Waals surface area contributed by atoms with Crippen molar-refractivity contribution >= 4 is 15.9 Å². The number of hydrogen-bond acceptors (Lipinski definition) is 2. The zero-order valence-electron chi connectivity index (χ0n) is 4.52. The van der Waals surface area contributed by atoms with E-state index in [1.54, 1.807) is 0 Å². The molecule has 0 saturated carbocycles. The summed E-state index contributed by atoms with van der Waals surface area (Å²) < 4.78 is 5.43. The molecule has 1 rings (SSSR count). The fourth-order valence-electron chi connectivity index (χ4n) is 0.453. The lowest BCUT2D eigenvalue weighted by molar-refractivity contribution is 0.394. The third-order valence-corrected chi connectivity index (χ3v) is 1.27. The van der Waals surface area contributed by atoms with Gasteiger partial charge in [0.1, 0.15) is 0 Å². The molecule has 0 radical (unpaired) electrons. The molecule has 0 aliphatic carbocycles. The number of aromatic nitrogens is 1. The van der Waals surface area contributed by atoms with Crippen LogP contribution in [0, 0.1) is 0 Å². The predicted molar refractivity (Wildman–Crippen MR) is 33.6 cm³/mol. The molecular weight excluding hydrogens is 170 g/mol. The van der Waals surface area contributed by atoms with Gasteiger partial charge in [-0.05, 0) is 22.4 Å². The Morgan fingerprint density at radius 2 is 2.62 bits per heavy atom. The molecule has 0 aliphatic rings. The molecule has 1 aromatic rings. The van der Waals surface area contributed by atoms with Gasteiger partial charge in [0.05, 0.1) is 5.69 Å². The maximum Gasteiger partial charge on any atom is 0.202 e. The average molecular weight is 176 g/mol. The zero-order valence-corrected chi connectivity index (χ0v) is 6.10. The van der Waals surface area contributed by atoms with Gasteiger partial charge in [-0.2, -0.15) is 0 Å². The highest BCUT2D eigenvalue weighted by atomic mass is 79.9. The second-order valence-corrected chi connectivity index (χ2v) is 2.26. The van der Waals surface area contributed by atoms with Crippen molar-refractivity contribution in [3.63, 3.8) is 0 Å². The molecule has 0 saturated heterocycles. The van der Waals surface area contributed by atoms with E-state index in [0.29, 0.717) is 4.67 Å². The second-order valence-electron chi connectivity index (χ2n) is 1.48. The fourth-order valence-corrected chi connectivity index (χ4v) is 0.789. The van der Waals surface area contributed by atoms with Crippen LogP contribution in [0.5, 0.6) is 0 Å². The van der Waals surface area contributed by atoms with Crippen molar-refractivity contribution in [2.24, 2.45) is 0 Å². The Kier molecular flexibility index (Phi) is 1.68. The smallest absolute Gasteiger partial charge is 0.202 e. The van der Waals surface area contributed by atoms with Crippen molar-refractivity contribution < 1.29 is 4.52 Å². The summed E-state index contributed by atoms with van der Waals surface area (Å²) in [6.07, 6.45) is 0.926. The van der Waals surface area contributed by atoms with Gasteiger partial charge < -0.3 is 4.52 Å². The molecule has 0 amide bonds. The van der Waals surface area contributed by atoms with E-state index in [4.69, 9.17) is 4.52 Å². The molecule has 0 unspecified atom stereocenters. The average Bonchev–Trinajstić information content (AvgIpc) is 2.14. The summed E-state index contributed by atoms with van der Waals surface area (Å²) in [5, 5.41) is 3.71. The molecule has 0 atom stereocenters. The van der Waals surface area contributed by atoms with Crippen molar-refractivity contribution in [3.8, 4) is 0 Å². The molecule has 2 nitrogen and oxygen atoms in total. The SMILES string of the molecule is CCc1cc(Br)on1. The van der Waals surface area contributed by atoms with Gasteiger partial charge in [-0.3, -0.25) is 0 Å². The number of halogens is 1. The van der Waals surface area contributed by atoms with E-state index < -0.39 is 0 Å². The first kappa shape index (κ1) is 5.82. The maximum atomic E-state index is 4.72. The van der Waals surface area contributed by atoms with Crippen LogP contribution >= 0.6 is 15.9 Å². The van der Waals surface area contributed by atoms with Crippen molar-refractivity contribution in [2.75, 3.05) is 0 Å². The summed E-state index contributed by atoms with van der Waals surface area (Å²) in [4.78, 5) is 0. The van der Waals surface area contributed by atoms with Gasteiger partial charge in [-0.1, -0.05) is 12.1 Å². The van der Waals surface area contributed by atoms with Crippen LogP contribution in [-0.4, -0.2) is 5.16 Å². The quantitative estimate of drug-likeness (QED) is 0.653. The van der Waals surface area contributed by atoms with Gasteiger partial charge in [-0.25, -0.2) is 0 Å². The van der Waals surface area contributed by atoms with Crippen LogP contribution in [0.3, 0.4) is 0 Å². The highest BCUT2D eigenvalue weighted by Crippen LogP contribution is 2.09. The Morgan fingerprint density at radius 3 is 2.88 bits per heavy atom. The molecule has 0 aliphatic heterocycles. The van der Waals surface area contributed by atoms with E-state index in [1.165, 1.54) is 0 Å². The van der Waals surface area contributed by atoms with Crippen LogP contribution in [0.4, 0.5) is 0 Å². The monoisotopic (exact) mass is 175 g/mol. The standard InChI is InChI=1S/C5H6BrNO/c1-2-4-3-5(6)8-7-4/h3H,2H2,1H3. The molecule has 0 bridgehead atoms. The van der Waals surface area contributed by atoms with E-state index in [1.807, 2.05) is 13.0 Å². The van der Waals surface area contributed by atoms with E-state index in [2.05, 4.69) is 21.1 Å². The van der Waals surface area contributed by atoms with Crippen molar-refractivity contribution in [1.29, 1.82) is 0 Å². The summed E-state index contributed by atoms with van der Waals surface area (Å²) in [7, 11) is 0. The third kappa shape index (κ3) is 1.10. The van der Waals surface area contributed by atoms with Crippen LogP contribution in [0.2, 0.25) is 0 Å². The van der Waals surface area contributed by atoms with Crippen LogP contribution in [0.15, 0.2) is 15.3 Å². The number of nitrogens with zero attached hydrogens (tertiary/aromatic N) is 1. The summed E-state index contributed by atoms with van der Waals surface area (Å²) in [6, 6.07) is 1.86. The number of aryl methyl sites for hydroxylation is 1. The highest BCUT2D eigenvalue weighted by molar-refractivity contribution is 9.10. The highest BCUT2D eigenvalue weighted by Gasteiger charge is 1.94. The summed E-state index contributed by atoms with van der Waals surface area (Å²) in [6.45, 7) is 2.03. The molecule has 1 aromatic heterocycles. The Balaban J connectivity index is 2.84. The lowest BCUT2D eigenvalue weighted by Crippen LogP contribution is -1.73. The zero-order chi connectivity index (χ0) is 5.98. The van der Waals surface area contributed by atoms with Crippen LogP contribution in [0.1, 0.15) is 12.6 Å². The third-order valence-electron chi connectivity index (χ3n) is 0.892. The van der Waals surface area contributed by atoms with Crippen LogP contribution < -0.4 is 0 Å². The minimum Gasteiger partial charge on any atom is -0.349 e. The maximum absolute atomic E-state index is 4.72. The number of rotatable bonds is 1. The predicted octanol–water partition coefficient (Wildman–Crippen LogP) is 2.00. The normalized spacial score (nSPS) is 9.75. The molecule has 44 valence electrons. The Morgan fingerprint density at radius 1 is 1.88 bits per heavy atom. The molecule has 0 spiro atoms. The van der Waals surface area contributed by atoms with Gasteiger partial charge >= 0.3 is 0 Å². The van der Waals surface area contributed by atoms with Crippen LogP contribution in [0.25, 0.3) is 0 Å². The molecule has 8 heavy (non-hydrogen) atoms. The number of hydrogen-bond donors (Lipinski definition) is 0. The first-order valence-electron chi connectivity index (χ1n) is 2.44. The van der Waals surface area contributed by atoms with Gasteiger partial charge in [-0.15, -0.1) is 0 Å². The molecule has 1 heterocycles. The Labute approximate surface area is 56.0 Å². The Hall–Kier alpha value is -0.310. The van der Waals surface area contributed by atoms with E-state index in [9.17, 15) is 0 Å². The van der Waals surface area contributed by atoms with Crippen molar-refractivity contribution in [2.45, 2.75) is 13.3 Å². The lowest BCUT2D eigenvalue weighted by atomic mass is 10.4. The molecular formula is C5H6BrNO. The van der Waals surface area contributed by atoms with Gasteiger partial charge in [0, 0.05) is 6.07 Å². The van der Waals surface area contributed by atoms with Gasteiger partial charge in [0.2, 0.25) is 4.67 Å². The summed E-state index contributed by atoms with van der Waals surface area (Å²) >= 11 is 3.14. The van der Waals surface area contributed by atoms with E-state index >= 15 is 0 Å². The minimum absolute atomic E-state index is 0.703. The second kappa shape index (κ2) is 2.31. The van der Waals surface area contributed by atoms with Crippen LogP contribution in [-0.2, 0) is 6.42 Å². The Bertz CT molecular complexity index is 173. The van der Waals surface area contributed by atoms with Gasteiger partial charge in [0.25, 0.3) is 0 Å². The van der Waals surface area contributed by atoms with E-state index in [0.717, 1.165) is 12.1 Å². The topological polar surface area (TPSA) is 26.0 Å². The van der Waals surface area contributed by atoms with Gasteiger partial charge in [0.15, 0.2) is 0 Å². The fraction of sp³-hybridized carbons (Fsp3) is 0.400. The van der Waals surface area contributed by atoms with Crippen molar-refractivity contribution in [1.82, 2.24) is 5.16 Å². The summed E-state index contributed by atoms with van der Waals surface area (Å²) in [5.41, 5.74) is 0.983. The molecule has 0 N–H and O–H groups in total. The lowest BCUT2D eigenvalue weighted by Gasteiger charge is -1.74. The first-order chi connectivity index (χ1) is 3.83. The molecule has 0 fully saturated rings. The molecule has 3 heteroatoms. The molecule has 0 aromatic carbocycles. The van der Waals surface area contributed by atoms with Crippen molar-refractivity contribution in [3.05, 3.63) is 16.4 Å². The minimum atomic E-state index is 0.703. The summed E-state index contributed by atoms with van der Waals surface area (Å²) in [5.74, 6) is 0. The van der Waals surface area contributed by atoms with E-state index in [-0.39, 0.29) is 0 Å². The first-order valence-corrected chi connectivity index (χ1v) is 3.23.